The first-order valence-electron chi connectivity index (χ1n) is 5.26. The highest BCUT2D eigenvalue weighted by Gasteiger charge is 2.20. The van der Waals surface area contributed by atoms with Crippen LogP contribution in [0.4, 0.5) is 5.69 Å². The molecule has 8 heteroatoms. The van der Waals surface area contributed by atoms with Crippen molar-refractivity contribution in [3.63, 3.8) is 0 Å². The van der Waals surface area contributed by atoms with Crippen molar-refractivity contribution in [3.8, 4) is 11.5 Å². The number of carbonyl (C=O) groups excluding carboxylic acids is 1. The van der Waals surface area contributed by atoms with Gasteiger partial charge in [-0.1, -0.05) is 6.58 Å². The second kappa shape index (κ2) is 6.32. The Morgan fingerprint density at radius 2 is 2.15 bits per heavy atom. The van der Waals surface area contributed by atoms with Crippen molar-refractivity contribution in [2.45, 2.75) is 0 Å². The maximum absolute atomic E-state index is 10.8. The average molecular weight is 281 g/mol. The molecule has 1 aromatic rings. The molecule has 0 heterocycles. The molecule has 0 saturated heterocycles. The van der Waals surface area contributed by atoms with Crippen molar-refractivity contribution >= 4 is 17.9 Å². The Morgan fingerprint density at radius 1 is 1.50 bits per heavy atom. The molecule has 0 aromatic heterocycles. The summed E-state index contributed by atoms with van der Waals surface area (Å²) in [5.41, 5.74) is -0.859. The summed E-state index contributed by atoms with van der Waals surface area (Å²) >= 11 is 0. The number of carboxylic acids is 1. The smallest absolute Gasteiger partial charge is 0.334 e. The lowest BCUT2D eigenvalue weighted by Crippen LogP contribution is -2.10. The van der Waals surface area contributed by atoms with Gasteiger partial charge in [-0.15, -0.1) is 0 Å². The van der Waals surface area contributed by atoms with E-state index in [9.17, 15) is 19.7 Å². The van der Waals surface area contributed by atoms with Gasteiger partial charge in [0, 0.05) is 6.07 Å². The number of methoxy groups -OCH3 is 1. The Balaban J connectivity index is 3.14. The highest BCUT2D eigenvalue weighted by molar-refractivity contribution is 5.86. The van der Waals surface area contributed by atoms with Gasteiger partial charge in [0.25, 0.3) is 5.69 Å². The van der Waals surface area contributed by atoms with Gasteiger partial charge >= 0.3 is 5.97 Å². The number of carboxylic acid groups (broad SMARTS) is 1. The Bertz CT molecular complexity index is 579. The minimum Gasteiger partial charge on any atom is -0.493 e. The van der Waals surface area contributed by atoms with E-state index in [0.29, 0.717) is 6.29 Å². The molecule has 0 aliphatic heterocycles. The van der Waals surface area contributed by atoms with Gasteiger partial charge in [-0.3, -0.25) is 14.9 Å². The summed E-state index contributed by atoms with van der Waals surface area (Å²) in [6, 6.07) is 2.14. The molecule has 0 aliphatic rings. The van der Waals surface area contributed by atoms with Crippen molar-refractivity contribution in [3.05, 3.63) is 40.0 Å². The first-order valence-corrected chi connectivity index (χ1v) is 5.26. The normalized spacial score (nSPS) is 9.65. The van der Waals surface area contributed by atoms with E-state index in [1.165, 1.54) is 7.11 Å². The van der Waals surface area contributed by atoms with Gasteiger partial charge in [0.05, 0.1) is 29.2 Å². The fourth-order valence-corrected chi connectivity index (χ4v) is 1.32. The molecule has 8 nitrogen and oxygen atoms in total. The fraction of sp³-hybridized carbons (Fsp3) is 0.167. The quantitative estimate of drug-likeness (QED) is 0.348. The first kappa shape index (κ1) is 15.2. The van der Waals surface area contributed by atoms with Crippen molar-refractivity contribution in [1.82, 2.24) is 0 Å². The number of hydrogen-bond acceptors (Lipinski definition) is 6. The third-order valence-electron chi connectivity index (χ3n) is 2.34. The van der Waals surface area contributed by atoms with Crippen LogP contribution < -0.4 is 9.47 Å². The Kier molecular flexibility index (Phi) is 4.79. The molecule has 1 rings (SSSR count). The summed E-state index contributed by atoms with van der Waals surface area (Å²) in [5, 5.41) is 19.5. The van der Waals surface area contributed by atoms with E-state index < -0.39 is 16.6 Å². The molecule has 106 valence electrons. The maximum Gasteiger partial charge on any atom is 0.334 e. The number of nitrogens with zero attached hydrogens (tertiary/aromatic N) is 1. The van der Waals surface area contributed by atoms with Gasteiger partial charge in [0.15, 0.2) is 17.8 Å². The van der Waals surface area contributed by atoms with Crippen LogP contribution in [-0.2, 0) is 4.79 Å². The van der Waals surface area contributed by atoms with E-state index in [1.54, 1.807) is 0 Å². The fourth-order valence-electron chi connectivity index (χ4n) is 1.32. The van der Waals surface area contributed by atoms with Crippen molar-refractivity contribution < 1.29 is 29.1 Å². The summed E-state index contributed by atoms with van der Waals surface area (Å²) in [7, 11) is 1.29. The molecular weight excluding hydrogens is 270 g/mol. The second-order valence-electron chi connectivity index (χ2n) is 3.63. The van der Waals surface area contributed by atoms with Crippen LogP contribution in [-0.4, -0.2) is 36.0 Å². The molecule has 0 spiro atoms. The summed E-state index contributed by atoms with van der Waals surface area (Å²) in [4.78, 5) is 31.4. The monoisotopic (exact) mass is 281 g/mol. The minimum atomic E-state index is -1.25. The highest BCUT2D eigenvalue weighted by Crippen LogP contribution is 2.34. The van der Waals surface area contributed by atoms with E-state index in [2.05, 4.69) is 6.58 Å². The van der Waals surface area contributed by atoms with E-state index in [0.717, 1.165) is 12.1 Å². The third-order valence-corrected chi connectivity index (χ3v) is 2.34. The van der Waals surface area contributed by atoms with Gasteiger partial charge in [-0.25, -0.2) is 4.79 Å². The number of rotatable bonds is 7. The summed E-state index contributed by atoms with van der Waals surface area (Å²) in [6.45, 7) is 2.89. The summed E-state index contributed by atoms with van der Waals surface area (Å²) in [6.07, 6.45) is 0.320. The van der Waals surface area contributed by atoms with E-state index in [-0.39, 0.29) is 29.2 Å². The van der Waals surface area contributed by atoms with Crippen LogP contribution >= 0.6 is 0 Å². The first-order chi connectivity index (χ1) is 9.40. The zero-order valence-electron chi connectivity index (χ0n) is 10.5. The number of nitro groups is 1. The molecule has 0 bridgehead atoms. The second-order valence-corrected chi connectivity index (χ2v) is 3.63. The van der Waals surface area contributed by atoms with Crippen LogP contribution in [0.15, 0.2) is 24.3 Å². The lowest BCUT2D eigenvalue weighted by atomic mass is 10.1. The topological polar surface area (TPSA) is 116 Å². The minimum absolute atomic E-state index is 0.0489. The number of benzene rings is 1. The molecule has 0 saturated carbocycles. The Morgan fingerprint density at radius 3 is 2.60 bits per heavy atom. The van der Waals surface area contributed by atoms with Gasteiger partial charge in [0.2, 0.25) is 0 Å². The Hall–Kier alpha value is -2.90. The molecule has 20 heavy (non-hydrogen) atoms. The summed E-state index contributed by atoms with van der Waals surface area (Å²) < 4.78 is 10.0. The largest absolute Gasteiger partial charge is 0.493 e. The van der Waals surface area contributed by atoms with E-state index in [1.807, 2.05) is 0 Å². The van der Waals surface area contributed by atoms with Crippen molar-refractivity contribution in [1.29, 1.82) is 0 Å². The molecule has 0 amide bonds. The summed E-state index contributed by atoms with van der Waals surface area (Å²) in [5.74, 6) is -1.22. The molecule has 0 unspecified atom stereocenters. The lowest BCUT2D eigenvalue weighted by molar-refractivity contribution is -0.385. The van der Waals surface area contributed by atoms with Crippen LogP contribution in [0.1, 0.15) is 10.4 Å². The number of ether oxygens (including phenoxy) is 2. The molecule has 0 atom stereocenters. The van der Waals surface area contributed by atoms with Crippen LogP contribution in [0.5, 0.6) is 11.5 Å². The van der Waals surface area contributed by atoms with Gasteiger partial charge in [-0.05, 0) is 0 Å². The van der Waals surface area contributed by atoms with Crippen molar-refractivity contribution in [2.24, 2.45) is 0 Å². The van der Waals surface area contributed by atoms with E-state index >= 15 is 0 Å². The number of hydrogen-bond donors (Lipinski definition) is 1. The number of nitro benzene ring substituents is 1. The lowest BCUT2D eigenvalue weighted by Gasteiger charge is -2.11. The molecule has 0 aliphatic carbocycles. The number of carbonyl (C=O) groups is 2. The van der Waals surface area contributed by atoms with Gasteiger partial charge in [-0.2, -0.15) is 0 Å². The number of aliphatic carboxylic acids is 1. The van der Waals surface area contributed by atoms with Crippen LogP contribution in [0.3, 0.4) is 0 Å². The Labute approximate surface area is 113 Å². The SMILES string of the molecule is C=C(COc1cc([N+](=O)[O-])c(C=O)cc1OC)C(=O)O. The predicted molar refractivity (Wildman–Crippen MR) is 67.3 cm³/mol. The molecule has 0 radical (unpaired) electrons. The number of aldehydes is 1. The van der Waals surface area contributed by atoms with Crippen LogP contribution in [0.25, 0.3) is 0 Å². The van der Waals surface area contributed by atoms with Crippen LogP contribution in [0, 0.1) is 10.1 Å². The van der Waals surface area contributed by atoms with Crippen LogP contribution in [0.2, 0.25) is 0 Å². The molecule has 1 N–H and O–H groups in total. The predicted octanol–water partition coefficient (Wildman–Crippen LogP) is 1.44. The van der Waals surface area contributed by atoms with Crippen molar-refractivity contribution in [2.75, 3.05) is 13.7 Å². The third kappa shape index (κ3) is 3.31. The molecular formula is C12H11NO7. The average Bonchev–Trinajstić information content (AvgIpc) is 2.43. The standard InChI is InChI=1S/C12H11NO7/c1-7(12(15)16)6-20-11-4-9(13(17)18)8(5-14)3-10(11)19-2/h3-5H,1,6H2,2H3,(H,15,16). The molecule has 1 aromatic carbocycles. The highest BCUT2D eigenvalue weighted by atomic mass is 16.6. The van der Waals surface area contributed by atoms with Gasteiger partial charge < -0.3 is 14.6 Å². The van der Waals surface area contributed by atoms with E-state index in [4.69, 9.17) is 14.6 Å². The zero-order chi connectivity index (χ0) is 15.3. The van der Waals surface area contributed by atoms with Gasteiger partial charge in [0.1, 0.15) is 6.61 Å². The maximum atomic E-state index is 10.8. The molecule has 0 fully saturated rings. The zero-order valence-corrected chi connectivity index (χ0v) is 10.5.